The second-order valence-electron chi connectivity index (χ2n) is 5.85. The minimum atomic E-state index is -0.256. The summed E-state index contributed by atoms with van der Waals surface area (Å²) >= 11 is 0. The summed E-state index contributed by atoms with van der Waals surface area (Å²) in [6.07, 6.45) is 0.481. The summed E-state index contributed by atoms with van der Waals surface area (Å²) < 4.78 is 27.4. The maximum Gasteiger partial charge on any atom is 0.203 e. The molecule has 0 saturated heterocycles. The fraction of sp³-hybridized carbons (Fsp3) is 0.400. The molecule has 0 bridgehead atoms. The Bertz CT molecular complexity index is 730. The van der Waals surface area contributed by atoms with Gasteiger partial charge in [-0.2, -0.15) is 0 Å². The quantitative estimate of drug-likeness (QED) is 0.618. The van der Waals surface area contributed by atoms with Crippen molar-refractivity contribution < 1.29 is 28.8 Å². The number of rotatable bonds is 10. The number of ether oxygens (including phenoxy) is 5. The molecule has 0 fully saturated rings. The summed E-state index contributed by atoms with van der Waals surface area (Å²) in [5.41, 5.74) is 7.77. The van der Waals surface area contributed by atoms with Crippen LogP contribution in [-0.4, -0.2) is 40.2 Å². The van der Waals surface area contributed by atoms with E-state index in [-0.39, 0.29) is 31.7 Å². The third-order valence-corrected chi connectivity index (χ3v) is 4.17. The molecule has 2 aromatic rings. The highest BCUT2D eigenvalue weighted by Gasteiger charge is 2.15. The summed E-state index contributed by atoms with van der Waals surface area (Å²) in [7, 11) is 6.27. The van der Waals surface area contributed by atoms with E-state index >= 15 is 0 Å². The molecular formula is C20H28ClNO6. The average Bonchev–Trinajstić information content (AvgIpc) is 2.71. The molecular weight excluding hydrogens is 386 g/mol. The van der Waals surface area contributed by atoms with Gasteiger partial charge in [-0.3, -0.25) is 0 Å². The van der Waals surface area contributed by atoms with Crippen LogP contribution in [0, 0.1) is 0 Å². The van der Waals surface area contributed by atoms with Gasteiger partial charge in [0.15, 0.2) is 23.0 Å². The van der Waals surface area contributed by atoms with Gasteiger partial charge in [0.25, 0.3) is 0 Å². The third-order valence-electron chi connectivity index (χ3n) is 4.17. The number of aliphatic hydroxyl groups is 1. The minimum absolute atomic E-state index is 0. The van der Waals surface area contributed by atoms with Crippen LogP contribution in [0.5, 0.6) is 28.7 Å². The van der Waals surface area contributed by atoms with Gasteiger partial charge in [0, 0.05) is 12.6 Å². The largest absolute Gasteiger partial charge is 0.493 e. The van der Waals surface area contributed by atoms with Gasteiger partial charge in [-0.15, -0.1) is 12.4 Å². The van der Waals surface area contributed by atoms with Crippen LogP contribution in [0.2, 0.25) is 0 Å². The van der Waals surface area contributed by atoms with Gasteiger partial charge in [0.05, 0.1) is 28.4 Å². The number of aliphatic hydroxyl groups excluding tert-OH is 1. The lowest BCUT2D eigenvalue weighted by Crippen LogP contribution is -2.12. The number of hydrogen-bond acceptors (Lipinski definition) is 7. The molecule has 0 heterocycles. The van der Waals surface area contributed by atoms with Crippen LogP contribution in [0.4, 0.5) is 0 Å². The van der Waals surface area contributed by atoms with Crippen molar-refractivity contribution in [3.8, 4) is 28.7 Å². The van der Waals surface area contributed by atoms with E-state index in [9.17, 15) is 0 Å². The molecule has 28 heavy (non-hydrogen) atoms. The Labute approximate surface area is 171 Å². The highest BCUT2D eigenvalue weighted by molar-refractivity contribution is 5.85. The monoisotopic (exact) mass is 413 g/mol. The molecule has 156 valence electrons. The van der Waals surface area contributed by atoms with E-state index in [0.717, 1.165) is 11.1 Å². The topological polar surface area (TPSA) is 92.4 Å². The first-order valence-electron chi connectivity index (χ1n) is 8.54. The van der Waals surface area contributed by atoms with Crippen LogP contribution in [0.3, 0.4) is 0 Å². The van der Waals surface area contributed by atoms with Crippen LogP contribution in [0.1, 0.15) is 23.6 Å². The Morgan fingerprint density at radius 1 is 0.857 bits per heavy atom. The van der Waals surface area contributed by atoms with Crippen LogP contribution in [0.25, 0.3) is 0 Å². The number of methoxy groups -OCH3 is 4. The molecule has 2 rings (SSSR count). The molecule has 1 atom stereocenters. The van der Waals surface area contributed by atoms with Crippen LogP contribution < -0.4 is 29.4 Å². The van der Waals surface area contributed by atoms with Gasteiger partial charge in [0.2, 0.25) is 5.75 Å². The molecule has 0 aromatic heterocycles. The second kappa shape index (κ2) is 11.5. The van der Waals surface area contributed by atoms with Gasteiger partial charge < -0.3 is 34.5 Å². The maximum atomic E-state index is 9.05. The molecule has 7 nitrogen and oxygen atoms in total. The van der Waals surface area contributed by atoms with Crippen LogP contribution >= 0.6 is 12.4 Å². The van der Waals surface area contributed by atoms with E-state index in [1.165, 1.54) is 0 Å². The zero-order valence-corrected chi connectivity index (χ0v) is 17.4. The predicted molar refractivity (Wildman–Crippen MR) is 109 cm³/mol. The maximum absolute atomic E-state index is 9.05. The molecule has 2 aromatic carbocycles. The predicted octanol–water partition coefficient (Wildman–Crippen LogP) is 3.10. The molecule has 1 unspecified atom stereocenters. The zero-order chi connectivity index (χ0) is 19.8. The van der Waals surface area contributed by atoms with Gasteiger partial charge in [-0.05, 0) is 41.8 Å². The molecule has 0 aliphatic rings. The van der Waals surface area contributed by atoms with Gasteiger partial charge in [0.1, 0.15) is 6.61 Å². The summed E-state index contributed by atoms with van der Waals surface area (Å²) in [5.74, 6) is 2.82. The fourth-order valence-electron chi connectivity index (χ4n) is 2.72. The summed E-state index contributed by atoms with van der Waals surface area (Å²) in [6, 6.07) is 8.91. The van der Waals surface area contributed by atoms with E-state index in [4.69, 9.17) is 34.5 Å². The van der Waals surface area contributed by atoms with Gasteiger partial charge in [-0.1, -0.05) is 6.07 Å². The van der Waals surface area contributed by atoms with Crippen molar-refractivity contribution in [2.75, 3.05) is 35.0 Å². The highest BCUT2D eigenvalue weighted by atomic mass is 35.5. The normalized spacial score (nSPS) is 11.2. The Morgan fingerprint density at radius 2 is 1.46 bits per heavy atom. The van der Waals surface area contributed by atoms with Crippen molar-refractivity contribution in [1.29, 1.82) is 0 Å². The van der Waals surface area contributed by atoms with Crippen LogP contribution in [0.15, 0.2) is 30.3 Å². The summed E-state index contributed by atoms with van der Waals surface area (Å²) in [5, 5.41) is 9.05. The SMILES string of the molecule is COc1cc(C(N)CCO)ccc1OCc1cc(OC)c(OC)c(OC)c1.Cl. The van der Waals surface area contributed by atoms with Gasteiger partial charge in [-0.25, -0.2) is 0 Å². The smallest absolute Gasteiger partial charge is 0.203 e. The standard InChI is InChI=1S/C20H27NO6.ClH/c1-23-17-11-14(15(21)7-8-22)5-6-16(17)27-12-13-9-18(24-2)20(26-4)19(10-13)25-3;/h5-6,9-11,15,22H,7-8,12,21H2,1-4H3;1H. The van der Waals surface area contributed by atoms with Gasteiger partial charge >= 0.3 is 0 Å². The van der Waals surface area contributed by atoms with Crippen molar-refractivity contribution in [2.45, 2.75) is 19.1 Å². The van der Waals surface area contributed by atoms with E-state index in [1.54, 1.807) is 28.4 Å². The van der Waals surface area contributed by atoms with Crippen LogP contribution in [-0.2, 0) is 6.61 Å². The lowest BCUT2D eigenvalue weighted by atomic mass is 10.0. The molecule has 0 radical (unpaired) electrons. The van der Waals surface area contributed by atoms with Crippen molar-refractivity contribution in [3.63, 3.8) is 0 Å². The minimum Gasteiger partial charge on any atom is -0.493 e. The van der Waals surface area contributed by atoms with E-state index < -0.39 is 0 Å². The lowest BCUT2D eigenvalue weighted by molar-refractivity contribution is 0.274. The molecule has 0 saturated carbocycles. The number of hydrogen-bond donors (Lipinski definition) is 2. The number of nitrogens with two attached hydrogens (primary N) is 1. The molecule has 3 N–H and O–H groups in total. The first kappa shape index (κ1) is 23.7. The van der Waals surface area contributed by atoms with Crippen molar-refractivity contribution in [3.05, 3.63) is 41.5 Å². The van der Waals surface area contributed by atoms with Crippen molar-refractivity contribution in [1.82, 2.24) is 0 Å². The fourth-order valence-corrected chi connectivity index (χ4v) is 2.72. The summed E-state index contributed by atoms with van der Waals surface area (Å²) in [6.45, 7) is 0.317. The Morgan fingerprint density at radius 3 is 1.96 bits per heavy atom. The lowest BCUT2D eigenvalue weighted by Gasteiger charge is -2.17. The van der Waals surface area contributed by atoms with E-state index in [1.807, 2.05) is 30.3 Å². The molecule has 0 aliphatic carbocycles. The summed E-state index contributed by atoms with van der Waals surface area (Å²) in [4.78, 5) is 0. The second-order valence-corrected chi connectivity index (χ2v) is 5.85. The third kappa shape index (κ3) is 5.58. The van der Waals surface area contributed by atoms with Crippen molar-refractivity contribution in [2.24, 2.45) is 5.73 Å². The van der Waals surface area contributed by atoms with Crippen molar-refractivity contribution >= 4 is 12.4 Å². The average molecular weight is 414 g/mol. The Kier molecular flexibility index (Phi) is 9.72. The molecule has 0 spiro atoms. The first-order chi connectivity index (χ1) is 13.1. The zero-order valence-electron chi connectivity index (χ0n) is 16.6. The Hall–Kier alpha value is -2.35. The first-order valence-corrected chi connectivity index (χ1v) is 8.54. The Balaban J connectivity index is 0.00000392. The number of benzene rings is 2. The number of halogens is 1. The van der Waals surface area contributed by atoms with E-state index in [0.29, 0.717) is 35.2 Å². The molecule has 0 aliphatic heterocycles. The van der Waals surface area contributed by atoms with E-state index in [2.05, 4.69) is 0 Å². The molecule has 0 amide bonds. The molecule has 8 heteroatoms. The highest BCUT2D eigenvalue weighted by Crippen LogP contribution is 2.39.